The monoisotopic (exact) mass is 341 g/mol. The van der Waals surface area contributed by atoms with Crippen molar-refractivity contribution in [3.8, 4) is 0 Å². The number of esters is 1. The lowest BCUT2D eigenvalue weighted by molar-refractivity contribution is -0.152. The Bertz CT molecular complexity index is 678. The number of nitrogens with zero attached hydrogens (tertiary/aromatic N) is 1. The zero-order chi connectivity index (χ0) is 17.4. The molecule has 2 fully saturated rings. The first kappa shape index (κ1) is 16.3. The van der Waals surface area contributed by atoms with Gasteiger partial charge in [-0.1, -0.05) is 37.8 Å². The van der Waals surface area contributed by atoms with Crippen molar-refractivity contribution in [2.75, 3.05) is 6.54 Å². The number of hydrogen-bond donors (Lipinski definition) is 0. The Morgan fingerprint density at radius 1 is 0.960 bits per heavy atom. The number of carbonyl (C=O) groups excluding carboxylic acids is 3. The molecule has 4 rings (SSSR count). The van der Waals surface area contributed by atoms with Crippen molar-refractivity contribution in [2.24, 2.45) is 11.8 Å². The van der Waals surface area contributed by atoms with Crippen LogP contribution in [0.1, 0.15) is 65.7 Å². The van der Waals surface area contributed by atoms with E-state index in [-0.39, 0.29) is 12.6 Å². The molecule has 1 aromatic carbocycles. The van der Waals surface area contributed by atoms with E-state index in [4.69, 9.17) is 4.74 Å². The molecule has 3 aliphatic rings. The first-order valence-electron chi connectivity index (χ1n) is 9.28. The smallest absolute Gasteiger partial charge is 0.326 e. The van der Waals surface area contributed by atoms with Crippen molar-refractivity contribution in [2.45, 2.75) is 51.0 Å². The quantitative estimate of drug-likeness (QED) is 0.626. The molecule has 3 atom stereocenters. The Balaban J connectivity index is 1.35. The summed E-state index contributed by atoms with van der Waals surface area (Å²) in [5.41, 5.74) is 0.728. The van der Waals surface area contributed by atoms with E-state index in [0.717, 1.165) is 30.1 Å². The third-order valence-corrected chi connectivity index (χ3v) is 5.96. The Morgan fingerprint density at radius 3 is 2.28 bits per heavy atom. The molecule has 0 unspecified atom stereocenters. The van der Waals surface area contributed by atoms with Gasteiger partial charge in [-0.05, 0) is 43.2 Å². The molecule has 2 amide bonds. The molecule has 1 heterocycles. The highest BCUT2D eigenvalue weighted by Crippen LogP contribution is 2.41. The lowest BCUT2D eigenvalue weighted by Crippen LogP contribution is -2.39. The normalized spacial score (nSPS) is 28.5. The minimum absolute atomic E-state index is 0.0676. The predicted molar refractivity (Wildman–Crippen MR) is 91.0 cm³/mol. The zero-order valence-electron chi connectivity index (χ0n) is 14.3. The molecule has 25 heavy (non-hydrogen) atoms. The van der Waals surface area contributed by atoms with Crippen LogP contribution < -0.4 is 0 Å². The van der Waals surface area contributed by atoms with E-state index < -0.39 is 17.8 Å². The standard InChI is InChI=1S/C20H23NO4/c22-18(25-15-10-9-13-5-1-2-6-14(13)11-15)12-21-19(23)16-7-3-4-8-17(16)20(21)24/h3-4,7-8,13-15H,1-2,5-6,9-12H2/t13-,14+,15+/m0/s1. The molecule has 132 valence electrons. The highest BCUT2D eigenvalue weighted by Gasteiger charge is 2.38. The number of rotatable bonds is 3. The first-order valence-corrected chi connectivity index (χ1v) is 9.28. The van der Waals surface area contributed by atoms with Crippen LogP contribution in [-0.4, -0.2) is 35.3 Å². The minimum Gasteiger partial charge on any atom is -0.461 e. The van der Waals surface area contributed by atoms with Crippen molar-refractivity contribution in [1.82, 2.24) is 4.90 Å². The van der Waals surface area contributed by atoms with Crippen LogP contribution in [0.4, 0.5) is 0 Å². The van der Waals surface area contributed by atoms with E-state index in [9.17, 15) is 14.4 Å². The highest BCUT2D eigenvalue weighted by atomic mass is 16.5. The van der Waals surface area contributed by atoms with Crippen LogP contribution in [-0.2, 0) is 9.53 Å². The molecular formula is C20H23NO4. The van der Waals surface area contributed by atoms with Gasteiger partial charge in [0, 0.05) is 0 Å². The van der Waals surface area contributed by atoms with E-state index >= 15 is 0 Å². The fourth-order valence-corrected chi connectivity index (χ4v) is 4.67. The molecule has 0 radical (unpaired) electrons. The SMILES string of the molecule is O=C(CN1C(=O)c2ccccc2C1=O)O[C@@H]1CC[C@@H]2CCCC[C@@H]2C1. The molecule has 0 bridgehead atoms. The number of ether oxygens (including phenoxy) is 1. The van der Waals surface area contributed by atoms with Gasteiger partial charge in [-0.2, -0.15) is 0 Å². The van der Waals surface area contributed by atoms with Crippen molar-refractivity contribution in [3.63, 3.8) is 0 Å². The number of amides is 2. The van der Waals surface area contributed by atoms with E-state index in [2.05, 4.69) is 0 Å². The Morgan fingerprint density at radius 2 is 1.60 bits per heavy atom. The van der Waals surface area contributed by atoms with Crippen LogP contribution in [0.3, 0.4) is 0 Å². The van der Waals surface area contributed by atoms with E-state index in [1.165, 1.54) is 25.7 Å². The molecule has 0 spiro atoms. The Hall–Kier alpha value is -2.17. The number of imide groups is 1. The molecule has 5 heteroatoms. The molecule has 0 N–H and O–H groups in total. The average molecular weight is 341 g/mol. The van der Waals surface area contributed by atoms with Gasteiger partial charge in [0.15, 0.2) is 0 Å². The molecule has 5 nitrogen and oxygen atoms in total. The zero-order valence-corrected chi connectivity index (χ0v) is 14.3. The van der Waals surface area contributed by atoms with Gasteiger partial charge in [-0.3, -0.25) is 19.3 Å². The number of benzene rings is 1. The van der Waals surface area contributed by atoms with E-state index in [1.807, 2.05) is 0 Å². The predicted octanol–water partition coefficient (Wildman–Crippen LogP) is 3.18. The fourth-order valence-electron chi connectivity index (χ4n) is 4.67. The summed E-state index contributed by atoms with van der Waals surface area (Å²) in [6, 6.07) is 6.67. The molecule has 0 saturated heterocycles. The maximum Gasteiger partial charge on any atom is 0.326 e. The number of fused-ring (bicyclic) bond motifs is 2. The van der Waals surface area contributed by atoms with Crippen LogP contribution in [0.15, 0.2) is 24.3 Å². The second-order valence-corrected chi connectivity index (χ2v) is 7.47. The molecule has 2 aliphatic carbocycles. The summed E-state index contributed by atoms with van der Waals surface area (Å²) >= 11 is 0. The second kappa shape index (κ2) is 6.62. The van der Waals surface area contributed by atoms with Gasteiger partial charge < -0.3 is 4.74 Å². The maximum atomic E-state index is 12.3. The molecule has 1 aliphatic heterocycles. The third kappa shape index (κ3) is 3.08. The van der Waals surface area contributed by atoms with Gasteiger partial charge in [0.25, 0.3) is 11.8 Å². The van der Waals surface area contributed by atoms with Crippen molar-refractivity contribution in [1.29, 1.82) is 0 Å². The van der Waals surface area contributed by atoms with Crippen LogP contribution >= 0.6 is 0 Å². The molecular weight excluding hydrogens is 318 g/mol. The summed E-state index contributed by atoms with van der Waals surface area (Å²) in [5, 5.41) is 0. The van der Waals surface area contributed by atoms with Crippen LogP contribution in [0.5, 0.6) is 0 Å². The lowest BCUT2D eigenvalue weighted by atomic mass is 9.70. The van der Waals surface area contributed by atoms with Crippen LogP contribution in [0.2, 0.25) is 0 Å². The van der Waals surface area contributed by atoms with Gasteiger partial charge in [0.2, 0.25) is 0 Å². The minimum atomic E-state index is -0.478. The van der Waals surface area contributed by atoms with Crippen molar-refractivity contribution in [3.05, 3.63) is 35.4 Å². The van der Waals surface area contributed by atoms with Gasteiger partial charge in [0.05, 0.1) is 11.1 Å². The largest absolute Gasteiger partial charge is 0.461 e. The maximum absolute atomic E-state index is 12.3. The van der Waals surface area contributed by atoms with Gasteiger partial charge in [-0.25, -0.2) is 0 Å². The van der Waals surface area contributed by atoms with Gasteiger partial charge in [0.1, 0.15) is 12.6 Å². The summed E-state index contributed by atoms with van der Waals surface area (Å²) < 4.78 is 5.61. The van der Waals surface area contributed by atoms with E-state index in [0.29, 0.717) is 17.0 Å². The average Bonchev–Trinajstić information content (AvgIpc) is 2.87. The Labute approximate surface area is 147 Å². The summed E-state index contributed by atoms with van der Waals surface area (Å²) in [4.78, 5) is 37.9. The molecule has 2 saturated carbocycles. The summed E-state index contributed by atoms with van der Waals surface area (Å²) in [6.07, 6.45) is 8.02. The van der Waals surface area contributed by atoms with Crippen molar-refractivity contribution < 1.29 is 19.1 Å². The Kier molecular flexibility index (Phi) is 4.32. The lowest BCUT2D eigenvalue weighted by Gasteiger charge is -2.38. The van der Waals surface area contributed by atoms with Gasteiger partial charge >= 0.3 is 5.97 Å². The first-order chi connectivity index (χ1) is 12.1. The summed E-state index contributed by atoms with van der Waals surface area (Å²) in [5.74, 6) is 0.162. The summed E-state index contributed by atoms with van der Waals surface area (Å²) in [7, 11) is 0. The van der Waals surface area contributed by atoms with Crippen LogP contribution in [0, 0.1) is 11.8 Å². The number of hydrogen-bond acceptors (Lipinski definition) is 4. The van der Waals surface area contributed by atoms with Crippen LogP contribution in [0.25, 0.3) is 0 Å². The fraction of sp³-hybridized carbons (Fsp3) is 0.550. The third-order valence-electron chi connectivity index (χ3n) is 5.96. The second-order valence-electron chi connectivity index (χ2n) is 7.47. The van der Waals surface area contributed by atoms with E-state index in [1.54, 1.807) is 24.3 Å². The number of carbonyl (C=O) groups is 3. The van der Waals surface area contributed by atoms with Crippen molar-refractivity contribution >= 4 is 17.8 Å². The molecule has 0 aromatic heterocycles. The van der Waals surface area contributed by atoms with Gasteiger partial charge in [-0.15, -0.1) is 0 Å². The summed E-state index contributed by atoms with van der Waals surface area (Å²) in [6.45, 7) is -0.295. The topological polar surface area (TPSA) is 63.7 Å². The highest BCUT2D eigenvalue weighted by molar-refractivity contribution is 6.22. The molecule has 1 aromatic rings.